The third kappa shape index (κ3) is 2.54. The van der Waals surface area contributed by atoms with Gasteiger partial charge in [-0.1, -0.05) is 6.07 Å². The minimum Gasteiger partial charge on any atom is -0.389 e. The Morgan fingerprint density at radius 3 is 3.11 bits per heavy atom. The summed E-state index contributed by atoms with van der Waals surface area (Å²) in [6.45, 7) is 2.10. The first kappa shape index (κ1) is 13.1. The summed E-state index contributed by atoms with van der Waals surface area (Å²) in [7, 11) is 2.15. The van der Waals surface area contributed by atoms with E-state index < -0.39 is 5.60 Å². The molecule has 1 aromatic rings. The zero-order valence-corrected chi connectivity index (χ0v) is 11.8. The lowest BCUT2D eigenvalue weighted by atomic mass is 9.72. The number of hydrogen-bond donors (Lipinski definition) is 1. The van der Waals surface area contributed by atoms with Gasteiger partial charge in [-0.25, -0.2) is 0 Å². The van der Waals surface area contributed by atoms with Gasteiger partial charge < -0.3 is 10.0 Å². The Balaban J connectivity index is 1.89. The van der Waals surface area contributed by atoms with Gasteiger partial charge in [0, 0.05) is 24.4 Å². The molecule has 0 aromatic carbocycles. The average molecular weight is 260 g/mol. The molecule has 0 saturated carbocycles. The van der Waals surface area contributed by atoms with E-state index in [9.17, 15) is 5.11 Å². The van der Waals surface area contributed by atoms with Crippen LogP contribution in [0.1, 0.15) is 49.3 Å². The molecule has 1 N–H and O–H groups in total. The van der Waals surface area contributed by atoms with Crippen LogP contribution in [0.3, 0.4) is 0 Å². The first-order valence-corrected chi connectivity index (χ1v) is 7.54. The lowest BCUT2D eigenvalue weighted by Gasteiger charge is -2.38. The Labute approximate surface area is 115 Å². The average Bonchev–Trinajstić information content (AvgIpc) is 2.61. The molecular weight excluding hydrogens is 236 g/mol. The molecule has 0 spiro atoms. The zero-order chi connectivity index (χ0) is 13.3. The van der Waals surface area contributed by atoms with Crippen molar-refractivity contribution in [3.8, 4) is 0 Å². The number of likely N-dealkylation sites (tertiary alicyclic amines) is 1. The predicted octanol–water partition coefficient (Wildman–Crippen LogP) is 2.35. The van der Waals surface area contributed by atoms with E-state index in [1.54, 1.807) is 0 Å². The van der Waals surface area contributed by atoms with Crippen molar-refractivity contribution in [2.45, 2.75) is 50.0 Å². The van der Waals surface area contributed by atoms with Crippen molar-refractivity contribution in [3.05, 3.63) is 29.6 Å². The fourth-order valence-corrected chi connectivity index (χ4v) is 3.76. The molecule has 1 aliphatic carbocycles. The second kappa shape index (κ2) is 5.22. The summed E-state index contributed by atoms with van der Waals surface area (Å²) in [6.07, 6.45) is 8.15. The number of aryl methyl sites for hydroxylation is 1. The SMILES string of the molecule is CN1CCCC(O)(C2CCCc3cccnc32)CC1. The van der Waals surface area contributed by atoms with Gasteiger partial charge in [0.2, 0.25) is 0 Å². The van der Waals surface area contributed by atoms with Crippen LogP contribution in [0.5, 0.6) is 0 Å². The minimum atomic E-state index is -0.547. The highest BCUT2D eigenvalue weighted by molar-refractivity contribution is 5.28. The van der Waals surface area contributed by atoms with Gasteiger partial charge in [0.15, 0.2) is 0 Å². The van der Waals surface area contributed by atoms with E-state index in [2.05, 4.69) is 23.0 Å². The summed E-state index contributed by atoms with van der Waals surface area (Å²) >= 11 is 0. The van der Waals surface area contributed by atoms with Crippen LogP contribution in [0.25, 0.3) is 0 Å². The minimum absolute atomic E-state index is 0.240. The van der Waals surface area contributed by atoms with Crippen LogP contribution >= 0.6 is 0 Å². The van der Waals surface area contributed by atoms with Crippen LogP contribution in [-0.2, 0) is 6.42 Å². The number of aromatic nitrogens is 1. The molecule has 3 rings (SSSR count). The highest BCUT2D eigenvalue weighted by Crippen LogP contribution is 2.42. The van der Waals surface area contributed by atoms with Crippen LogP contribution in [-0.4, -0.2) is 40.7 Å². The molecule has 0 radical (unpaired) electrons. The standard InChI is InChI=1S/C16H24N2O/c1-18-11-4-8-16(19,9-12-18)14-7-2-5-13-6-3-10-17-15(13)14/h3,6,10,14,19H,2,4-5,7-9,11-12H2,1H3. The first-order chi connectivity index (χ1) is 9.19. The Kier molecular flexibility index (Phi) is 3.59. The molecule has 2 atom stereocenters. The Bertz CT molecular complexity index is 448. The Hall–Kier alpha value is -0.930. The van der Waals surface area contributed by atoms with E-state index in [0.717, 1.165) is 45.2 Å². The third-order valence-electron chi connectivity index (χ3n) is 4.92. The lowest BCUT2D eigenvalue weighted by molar-refractivity contribution is -0.00811. The fourth-order valence-electron chi connectivity index (χ4n) is 3.76. The number of aliphatic hydroxyl groups is 1. The molecule has 1 aliphatic heterocycles. The van der Waals surface area contributed by atoms with Crippen LogP contribution in [0.15, 0.2) is 18.3 Å². The summed E-state index contributed by atoms with van der Waals surface area (Å²) in [6, 6.07) is 4.20. The highest BCUT2D eigenvalue weighted by Gasteiger charge is 2.41. The van der Waals surface area contributed by atoms with Crippen molar-refractivity contribution in [2.24, 2.45) is 0 Å². The summed E-state index contributed by atoms with van der Waals surface area (Å²) in [5.74, 6) is 0.240. The topological polar surface area (TPSA) is 36.4 Å². The van der Waals surface area contributed by atoms with Crippen molar-refractivity contribution in [3.63, 3.8) is 0 Å². The quantitative estimate of drug-likeness (QED) is 0.842. The van der Waals surface area contributed by atoms with Gasteiger partial charge in [-0.05, 0) is 63.7 Å². The van der Waals surface area contributed by atoms with E-state index in [1.165, 1.54) is 17.7 Å². The molecule has 0 bridgehead atoms. The molecule has 2 heterocycles. The van der Waals surface area contributed by atoms with Crippen LogP contribution in [0.4, 0.5) is 0 Å². The summed E-state index contributed by atoms with van der Waals surface area (Å²) < 4.78 is 0. The number of fused-ring (bicyclic) bond motifs is 1. The Morgan fingerprint density at radius 2 is 2.21 bits per heavy atom. The molecule has 19 heavy (non-hydrogen) atoms. The van der Waals surface area contributed by atoms with E-state index in [-0.39, 0.29) is 5.92 Å². The van der Waals surface area contributed by atoms with Gasteiger partial charge in [-0.3, -0.25) is 4.98 Å². The Morgan fingerprint density at radius 1 is 1.32 bits per heavy atom. The van der Waals surface area contributed by atoms with Crippen molar-refractivity contribution >= 4 is 0 Å². The predicted molar refractivity (Wildman–Crippen MR) is 76.2 cm³/mol. The molecule has 2 unspecified atom stereocenters. The van der Waals surface area contributed by atoms with E-state index in [1.807, 2.05) is 12.3 Å². The normalized spacial score (nSPS) is 32.6. The molecule has 2 aliphatic rings. The summed E-state index contributed by atoms with van der Waals surface area (Å²) in [4.78, 5) is 6.93. The zero-order valence-electron chi connectivity index (χ0n) is 11.8. The second-order valence-electron chi connectivity index (χ2n) is 6.25. The van der Waals surface area contributed by atoms with Gasteiger partial charge in [-0.2, -0.15) is 0 Å². The van der Waals surface area contributed by atoms with Crippen molar-refractivity contribution in [1.82, 2.24) is 9.88 Å². The van der Waals surface area contributed by atoms with Crippen LogP contribution in [0.2, 0.25) is 0 Å². The molecule has 0 amide bonds. The van der Waals surface area contributed by atoms with Crippen LogP contribution in [0, 0.1) is 0 Å². The van der Waals surface area contributed by atoms with Gasteiger partial charge in [0.1, 0.15) is 0 Å². The molecule has 1 fully saturated rings. The number of rotatable bonds is 1. The maximum atomic E-state index is 11.2. The van der Waals surface area contributed by atoms with Crippen molar-refractivity contribution < 1.29 is 5.11 Å². The highest BCUT2D eigenvalue weighted by atomic mass is 16.3. The van der Waals surface area contributed by atoms with Gasteiger partial charge in [0.25, 0.3) is 0 Å². The van der Waals surface area contributed by atoms with Gasteiger partial charge in [-0.15, -0.1) is 0 Å². The summed E-state index contributed by atoms with van der Waals surface area (Å²) in [5.41, 5.74) is 1.97. The maximum Gasteiger partial charge on any atom is 0.0743 e. The molecule has 3 nitrogen and oxygen atoms in total. The largest absolute Gasteiger partial charge is 0.389 e. The van der Waals surface area contributed by atoms with Gasteiger partial charge in [0.05, 0.1) is 5.60 Å². The van der Waals surface area contributed by atoms with E-state index >= 15 is 0 Å². The number of nitrogens with zero attached hydrogens (tertiary/aromatic N) is 2. The first-order valence-electron chi connectivity index (χ1n) is 7.54. The fraction of sp³-hybridized carbons (Fsp3) is 0.688. The van der Waals surface area contributed by atoms with Crippen LogP contribution < -0.4 is 0 Å². The second-order valence-corrected chi connectivity index (χ2v) is 6.25. The number of pyridine rings is 1. The monoisotopic (exact) mass is 260 g/mol. The summed E-state index contributed by atoms with van der Waals surface area (Å²) in [5, 5.41) is 11.2. The van der Waals surface area contributed by atoms with E-state index in [4.69, 9.17) is 0 Å². The molecule has 1 saturated heterocycles. The molecular formula is C16H24N2O. The smallest absolute Gasteiger partial charge is 0.0743 e. The third-order valence-corrected chi connectivity index (χ3v) is 4.92. The van der Waals surface area contributed by atoms with Gasteiger partial charge >= 0.3 is 0 Å². The number of hydrogen-bond acceptors (Lipinski definition) is 3. The van der Waals surface area contributed by atoms with Crippen molar-refractivity contribution in [1.29, 1.82) is 0 Å². The molecule has 104 valence electrons. The molecule has 3 heteroatoms. The maximum absolute atomic E-state index is 11.2. The molecule has 1 aromatic heterocycles. The van der Waals surface area contributed by atoms with Crippen molar-refractivity contribution in [2.75, 3.05) is 20.1 Å². The lowest BCUT2D eigenvalue weighted by Crippen LogP contribution is -2.39. The van der Waals surface area contributed by atoms with E-state index in [0.29, 0.717) is 0 Å².